The Balaban J connectivity index is 1.99. The summed E-state index contributed by atoms with van der Waals surface area (Å²) in [5, 5.41) is 4.02. The minimum atomic E-state index is -0.0626. The van der Waals surface area contributed by atoms with Gasteiger partial charge in [0.2, 0.25) is 0 Å². The van der Waals surface area contributed by atoms with Crippen molar-refractivity contribution in [3.8, 4) is 0 Å². The number of aromatic amines is 1. The van der Waals surface area contributed by atoms with Crippen LogP contribution in [0, 0.1) is 13.8 Å². The zero-order valence-corrected chi connectivity index (χ0v) is 13.7. The number of nitrogens with one attached hydrogen (secondary N) is 2. The lowest BCUT2D eigenvalue weighted by Crippen LogP contribution is -2.29. The van der Waals surface area contributed by atoms with Gasteiger partial charge in [-0.1, -0.05) is 0 Å². The van der Waals surface area contributed by atoms with Crippen LogP contribution in [0.1, 0.15) is 28.0 Å². The van der Waals surface area contributed by atoms with Gasteiger partial charge in [0.05, 0.1) is 12.7 Å². The predicted molar refractivity (Wildman–Crippen MR) is 87.4 cm³/mol. The van der Waals surface area contributed by atoms with E-state index >= 15 is 0 Å². The molecule has 120 valence electrons. The third kappa shape index (κ3) is 3.67. The Morgan fingerprint density at radius 1 is 1.32 bits per heavy atom. The van der Waals surface area contributed by atoms with E-state index in [-0.39, 0.29) is 12.0 Å². The Hall–Kier alpha value is -1.85. The van der Waals surface area contributed by atoms with Crippen molar-refractivity contribution in [1.82, 2.24) is 10.3 Å². The summed E-state index contributed by atoms with van der Waals surface area (Å²) in [6, 6.07) is 5.73. The fourth-order valence-electron chi connectivity index (χ4n) is 2.51. The number of methoxy groups -OCH3 is 2. The van der Waals surface area contributed by atoms with Crippen molar-refractivity contribution >= 4 is 16.8 Å². The molecule has 0 saturated heterocycles. The normalized spacial score (nSPS) is 12.5. The zero-order valence-electron chi connectivity index (χ0n) is 13.7. The van der Waals surface area contributed by atoms with Crippen molar-refractivity contribution in [3.05, 3.63) is 35.0 Å². The van der Waals surface area contributed by atoms with Gasteiger partial charge in [-0.25, -0.2) is 0 Å². The molecule has 1 amide bonds. The number of aromatic nitrogens is 1. The molecule has 22 heavy (non-hydrogen) atoms. The van der Waals surface area contributed by atoms with Crippen LogP contribution in [0.15, 0.2) is 18.2 Å². The van der Waals surface area contributed by atoms with Crippen molar-refractivity contribution in [3.63, 3.8) is 0 Å². The van der Waals surface area contributed by atoms with Crippen LogP contribution in [-0.2, 0) is 9.47 Å². The van der Waals surface area contributed by atoms with Gasteiger partial charge in [-0.05, 0) is 44.0 Å². The van der Waals surface area contributed by atoms with Gasteiger partial charge in [0.15, 0.2) is 0 Å². The van der Waals surface area contributed by atoms with Gasteiger partial charge in [0, 0.05) is 42.9 Å². The Morgan fingerprint density at radius 3 is 2.77 bits per heavy atom. The van der Waals surface area contributed by atoms with Gasteiger partial charge in [0.25, 0.3) is 5.91 Å². The van der Waals surface area contributed by atoms with Crippen LogP contribution in [0.4, 0.5) is 0 Å². The van der Waals surface area contributed by atoms with Crippen LogP contribution in [0.25, 0.3) is 10.9 Å². The quantitative estimate of drug-likeness (QED) is 0.826. The topological polar surface area (TPSA) is 63.3 Å². The minimum absolute atomic E-state index is 0.00217. The molecule has 0 fully saturated rings. The van der Waals surface area contributed by atoms with Crippen LogP contribution in [0.5, 0.6) is 0 Å². The molecule has 5 heteroatoms. The summed E-state index contributed by atoms with van der Waals surface area (Å²) < 4.78 is 10.3. The molecule has 0 radical (unpaired) electrons. The predicted octanol–water partition coefficient (Wildman–Crippen LogP) is 2.57. The number of aryl methyl sites for hydroxylation is 2. The smallest absolute Gasteiger partial charge is 0.251 e. The van der Waals surface area contributed by atoms with Gasteiger partial charge >= 0.3 is 0 Å². The molecular weight excluding hydrogens is 280 g/mol. The third-order valence-corrected chi connectivity index (χ3v) is 4.01. The second-order valence-corrected chi connectivity index (χ2v) is 5.49. The molecule has 0 spiro atoms. The highest BCUT2D eigenvalue weighted by atomic mass is 16.5. The van der Waals surface area contributed by atoms with Crippen molar-refractivity contribution in [2.24, 2.45) is 0 Å². The summed E-state index contributed by atoms with van der Waals surface area (Å²) in [5.74, 6) is -0.0626. The highest BCUT2D eigenvalue weighted by molar-refractivity contribution is 5.99. The van der Waals surface area contributed by atoms with E-state index in [0.29, 0.717) is 18.7 Å². The van der Waals surface area contributed by atoms with Crippen molar-refractivity contribution < 1.29 is 14.3 Å². The van der Waals surface area contributed by atoms with Crippen LogP contribution in [0.2, 0.25) is 0 Å². The summed E-state index contributed by atoms with van der Waals surface area (Å²) >= 11 is 0. The second kappa shape index (κ2) is 7.42. The lowest BCUT2D eigenvalue weighted by molar-refractivity contribution is 0.0238. The molecule has 0 aliphatic heterocycles. The summed E-state index contributed by atoms with van der Waals surface area (Å²) in [7, 11) is 3.29. The van der Waals surface area contributed by atoms with Crippen LogP contribution in [0.3, 0.4) is 0 Å². The number of benzene rings is 1. The fourth-order valence-corrected chi connectivity index (χ4v) is 2.51. The molecule has 2 aromatic rings. The molecule has 0 bridgehead atoms. The van der Waals surface area contributed by atoms with E-state index in [1.54, 1.807) is 14.2 Å². The molecule has 1 atom stereocenters. The molecule has 1 heterocycles. The lowest BCUT2D eigenvalue weighted by Gasteiger charge is -2.14. The molecule has 0 saturated carbocycles. The van der Waals surface area contributed by atoms with Gasteiger partial charge in [-0.2, -0.15) is 0 Å². The molecule has 2 rings (SSSR count). The molecule has 1 unspecified atom stereocenters. The number of fused-ring (bicyclic) bond motifs is 1. The van der Waals surface area contributed by atoms with Gasteiger partial charge < -0.3 is 19.8 Å². The first-order valence-electron chi connectivity index (χ1n) is 7.45. The van der Waals surface area contributed by atoms with Crippen LogP contribution < -0.4 is 5.32 Å². The molecular formula is C17H24N2O3. The number of H-pyrrole nitrogens is 1. The standard InChI is InChI=1S/C17H24N2O3/c1-11-12(2)19-16-6-5-13(9-15(11)16)17(20)18-8-7-14(22-4)10-21-3/h5-6,9,14,19H,7-8,10H2,1-4H3,(H,18,20). The first kappa shape index (κ1) is 16.5. The number of hydrogen-bond acceptors (Lipinski definition) is 3. The third-order valence-electron chi connectivity index (χ3n) is 4.01. The van der Waals surface area contributed by atoms with Gasteiger partial charge in [-0.15, -0.1) is 0 Å². The molecule has 1 aromatic carbocycles. The maximum absolute atomic E-state index is 12.2. The number of ether oxygens (including phenoxy) is 2. The summed E-state index contributed by atoms with van der Waals surface area (Å²) in [5.41, 5.74) is 4.06. The Labute approximate surface area is 131 Å². The van der Waals surface area contributed by atoms with Crippen LogP contribution in [-0.4, -0.2) is 44.4 Å². The number of hydrogen-bond donors (Lipinski definition) is 2. The van der Waals surface area contributed by atoms with Crippen molar-refractivity contribution in [2.75, 3.05) is 27.4 Å². The molecule has 5 nitrogen and oxygen atoms in total. The maximum Gasteiger partial charge on any atom is 0.251 e. The highest BCUT2D eigenvalue weighted by Crippen LogP contribution is 2.22. The number of rotatable bonds is 7. The van der Waals surface area contributed by atoms with E-state index < -0.39 is 0 Å². The average molecular weight is 304 g/mol. The minimum Gasteiger partial charge on any atom is -0.382 e. The summed E-state index contributed by atoms with van der Waals surface area (Å²) in [6.45, 7) is 5.18. The van der Waals surface area contributed by atoms with E-state index in [1.165, 1.54) is 5.56 Å². The number of carbonyl (C=O) groups is 1. The van der Waals surface area contributed by atoms with Gasteiger partial charge in [0.1, 0.15) is 0 Å². The van der Waals surface area contributed by atoms with E-state index in [9.17, 15) is 4.79 Å². The number of amides is 1. The number of carbonyl (C=O) groups excluding carboxylic acids is 1. The van der Waals surface area contributed by atoms with E-state index in [1.807, 2.05) is 25.1 Å². The SMILES string of the molecule is COCC(CCNC(=O)c1ccc2[nH]c(C)c(C)c2c1)OC. The summed E-state index contributed by atoms with van der Waals surface area (Å²) in [4.78, 5) is 15.6. The lowest BCUT2D eigenvalue weighted by atomic mass is 10.1. The van der Waals surface area contributed by atoms with Crippen LogP contribution >= 0.6 is 0 Å². The molecule has 0 aliphatic rings. The largest absolute Gasteiger partial charge is 0.382 e. The average Bonchev–Trinajstić information content (AvgIpc) is 2.80. The molecule has 0 aliphatic carbocycles. The Kier molecular flexibility index (Phi) is 5.57. The zero-order chi connectivity index (χ0) is 16.1. The Morgan fingerprint density at radius 2 is 2.09 bits per heavy atom. The first-order chi connectivity index (χ1) is 10.6. The van der Waals surface area contributed by atoms with Crippen molar-refractivity contribution in [2.45, 2.75) is 26.4 Å². The monoisotopic (exact) mass is 304 g/mol. The second-order valence-electron chi connectivity index (χ2n) is 5.49. The Bertz CT molecular complexity index is 649. The van der Waals surface area contributed by atoms with Gasteiger partial charge in [-0.3, -0.25) is 4.79 Å². The first-order valence-corrected chi connectivity index (χ1v) is 7.45. The maximum atomic E-state index is 12.2. The van der Waals surface area contributed by atoms with E-state index in [0.717, 1.165) is 23.0 Å². The molecule has 1 aromatic heterocycles. The van der Waals surface area contributed by atoms with E-state index in [4.69, 9.17) is 9.47 Å². The summed E-state index contributed by atoms with van der Waals surface area (Å²) in [6.07, 6.45) is 0.725. The molecule has 2 N–H and O–H groups in total. The highest BCUT2D eigenvalue weighted by Gasteiger charge is 2.11. The fraction of sp³-hybridized carbons (Fsp3) is 0.471. The van der Waals surface area contributed by atoms with E-state index in [2.05, 4.69) is 17.2 Å². The van der Waals surface area contributed by atoms with Crippen molar-refractivity contribution in [1.29, 1.82) is 0 Å².